The van der Waals surface area contributed by atoms with Crippen LogP contribution < -0.4 is 5.73 Å². The standard InChI is InChI=1S/C9H6ClF3N2/c10-7-2-1-5(3-14)8(6(7)4-15)9(11,12)13/h1-2H,4,15H2. The second-order valence-electron chi connectivity index (χ2n) is 2.76. The van der Waals surface area contributed by atoms with Crippen LogP contribution in [0.5, 0.6) is 0 Å². The van der Waals surface area contributed by atoms with Crippen LogP contribution in [0, 0.1) is 11.3 Å². The van der Waals surface area contributed by atoms with Gasteiger partial charge in [-0.05, 0) is 17.7 Å². The summed E-state index contributed by atoms with van der Waals surface area (Å²) < 4.78 is 37.8. The highest BCUT2D eigenvalue weighted by Gasteiger charge is 2.36. The van der Waals surface area contributed by atoms with Crippen molar-refractivity contribution in [3.05, 3.63) is 33.8 Å². The molecular weight excluding hydrogens is 229 g/mol. The van der Waals surface area contributed by atoms with E-state index in [1.807, 2.05) is 0 Å². The highest BCUT2D eigenvalue weighted by molar-refractivity contribution is 6.31. The fraction of sp³-hybridized carbons (Fsp3) is 0.222. The van der Waals surface area contributed by atoms with Crippen LogP contribution in [0.3, 0.4) is 0 Å². The summed E-state index contributed by atoms with van der Waals surface area (Å²) in [5.41, 5.74) is 3.42. The maximum atomic E-state index is 12.6. The lowest BCUT2D eigenvalue weighted by Crippen LogP contribution is -2.14. The smallest absolute Gasteiger partial charge is 0.326 e. The number of hydrogen-bond acceptors (Lipinski definition) is 2. The van der Waals surface area contributed by atoms with Crippen molar-refractivity contribution in [1.29, 1.82) is 5.26 Å². The van der Waals surface area contributed by atoms with Gasteiger partial charge in [0.2, 0.25) is 0 Å². The summed E-state index contributed by atoms with van der Waals surface area (Å²) in [5.74, 6) is 0. The van der Waals surface area contributed by atoms with Gasteiger partial charge in [-0.25, -0.2) is 0 Å². The molecule has 80 valence electrons. The quantitative estimate of drug-likeness (QED) is 0.812. The molecule has 0 atom stereocenters. The zero-order chi connectivity index (χ0) is 11.6. The van der Waals surface area contributed by atoms with E-state index in [1.165, 1.54) is 12.1 Å². The highest BCUT2D eigenvalue weighted by atomic mass is 35.5. The monoisotopic (exact) mass is 234 g/mol. The molecule has 0 unspecified atom stereocenters. The van der Waals surface area contributed by atoms with Crippen molar-refractivity contribution in [3.8, 4) is 6.07 Å². The van der Waals surface area contributed by atoms with Crippen LogP contribution >= 0.6 is 11.6 Å². The Morgan fingerprint density at radius 1 is 1.40 bits per heavy atom. The second-order valence-corrected chi connectivity index (χ2v) is 3.17. The molecule has 0 aliphatic heterocycles. The summed E-state index contributed by atoms with van der Waals surface area (Å²) in [7, 11) is 0. The normalized spacial score (nSPS) is 11.2. The summed E-state index contributed by atoms with van der Waals surface area (Å²) >= 11 is 5.58. The first-order valence-corrected chi connectivity index (χ1v) is 4.28. The van der Waals surface area contributed by atoms with Crippen LogP contribution in [0.2, 0.25) is 5.02 Å². The second kappa shape index (κ2) is 4.09. The summed E-state index contributed by atoms with van der Waals surface area (Å²) in [6.45, 7) is -0.358. The Balaban J connectivity index is 3.57. The number of benzene rings is 1. The number of nitrogens with zero attached hydrogens (tertiary/aromatic N) is 1. The third-order valence-corrected chi connectivity index (χ3v) is 2.22. The Bertz CT molecular complexity index is 421. The topological polar surface area (TPSA) is 49.8 Å². The lowest BCUT2D eigenvalue weighted by Gasteiger charge is -2.14. The molecule has 0 aliphatic carbocycles. The van der Waals surface area contributed by atoms with Crippen molar-refractivity contribution in [2.75, 3.05) is 0 Å². The minimum atomic E-state index is -4.62. The minimum absolute atomic E-state index is 0.0798. The number of nitrogens with two attached hydrogens (primary N) is 1. The van der Waals surface area contributed by atoms with E-state index in [2.05, 4.69) is 0 Å². The van der Waals surface area contributed by atoms with Gasteiger partial charge in [0.15, 0.2) is 0 Å². The van der Waals surface area contributed by atoms with Gasteiger partial charge in [0.1, 0.15) is 0 Å². The van der Waals surface area contributed by atoms with Gasteiger partial charge in [-0.3, -0.25) is 0 Å². The molecule has 1 aromatic carbocycles. The van der Waals surface area contributed by atoms with E-state index in [0.29, 0.717) is 0 Å². The predicted octanol–water partition coefficient (Wildman–Crippen LogP) is 2.69. The van der Waals surface area contributed by atoms with Gasteiger partial charge >= 0.3 is 6.18 Å². The van der Waals surface area contributed by atoms with Gasteiger partial charge in [0.05, 0.1) is 17.2 Å². The molecule has 0 radical (unpaired) electrons. The van der Waals surface area contributed by atoms with Gasteiger partial charge < -0.3 is 5.73 Å². The van der Waals surface area contributed by atoms with Gasteiger partial charge in [-0.2, -0.15) is 18.4 Å². The van der Waals surface area contributed by atoms with Crippen LogP contribution in [-0.4, -0.2) is 0 Å². The number of alkyl halides is 3. The average Bonchev–Trinajstić information content (AvgIpc) is 2.15. The van der Waals surface area contributed by atoms with E-state index >= 15 is 0 Å². The summed E-state index contributed by atoms with van der Waals surface area (Å²) in [4.78, 5) is 0. The van der Waals surface area contributed by atoms with Crippen molar-refractivity contribution >= 4 is 11.6 Å². The summed E-state index contributed by atoms with van der Waals surface area (Å²) in [6, 6.07) is 3.74. The van der Waals surface area contributed by atoms with Crippen molar-refractivity contribution < 1.29 is 13.2 Å². The van der Waals surface area contributed by atoms with Crippen LogP contribution in [0.1, 0.15) is 16.7 Å². The molecule has 0 saturated heterocycles. The fourth-order valence-electron chi connectivity index (χ4n) is 1.24. The Hall–Kier alpha value is -1.25. The third-order valence-electron chi connectivity index (χ3n) is 1.86. The van der Waals surface area contributed by atoms with E-state index in [-0.39, 0.29) is 17.1 Å². The minimum Gasteiger partial charge on any atom is -0.326 e. The van der Waals surface area contributed by atoms with E-state index in [9.17, 15) is 13.2 Å². The molecule has 0 heterocycles. The van der Waals surface area contributed by atoms with Crippen LogP contribution in [0.15, 0.2) is 12.1 Å². The predicted molar refractivity (Wildman–Crippen MR) is 49.1 cm³/mol. The van der Waals surface area contributed by atoms with Crippen LogP contribution in [0.25, 0.3) is 0 Å². The Kier molecular flexibility index (Phi) is 3.22. The zero-order valence-corrected chi connectivity index (χ0v) is 8.15. The maximum Gasteiger partial charge on any atom is 0.418 e. The summed E-state index contributed by atoms with van der Waals surface area (Å²) in [5, 5.41) is 8.48. The molecule has 2 nitrogen and oxygen atoms in total. The lowest BCUT2D eigenvalue weighted by atomic mass is 10.0. The van der Waals surface area contributed by atoms with E-state index in [1.54, 1.807) is 0 Å². The van der Waals surface area contributed by atoms with Crippen LogP contribution in [0.4, 0.5) is 13.2 Å². The lowest BCUT2D eigenvalue weighted by molar-refractivity contribution is -0.138. The molecule has 0 aromatic heterocycles. The average molecular weight is 235 g/mol. The SMILES string of the molecule is N#Cc1ccc(Cl)c(CN)c1C(F)(F)F. The molecule has 0 saturated carbocycles. The van der Waals surface area contributed by atoms with E-state index in [0.717, 1.165) is 6.07 Å². The number of hydrogen-bond donors (Lipinski definition) is 1. The number of rotatable bonds is 1. The maximum absolute atomic E-state index is 12.6. The molecule has 1 rings (SSSR count). The molecule has 0 aliphatic rings. The Labute approximate surface area is 89.1 Å². The number of nitriles is 1. The molecule has 0 spiro atoms. The van der Waals surface area contributed by atoms with Crippen molar-refractivity contribution in [3.63, 3.8) is 0 Å². The molecular formula is C9H6ClF3N2. The first-order chi connectivity index (χ1) is 6.91. The van der Waals surface area contributed by atoms with Crippen LogP contribution in [-0.2, 0) is 12.7 Å². The Morgan fingerprint density at radius 3 is 2.40 bits per heavy atom. The molecule has 0 amide bonds. The molecule has 0 bridgehead atoms. The molecule has 0 fully saturated rings. The van der Waals surface area contributed by atoms with Gasteiger partial charge in [-0.15, -0.1) is 0 Å². The zero-order valence-electron chi connectivity index (χ0n) is 7.40. The van der Waals surface area contributed by atoms with E-state index < -0.39 is 17.3 Å². The van der Waals surface area contributed by atoms with Gasteiger partial charge in [0.25, 0.3) is 0 Å². The Morgan fingerprint density at radius 2 is 2.00 bits per heavy atom. The van der Waals surface area contributed by atoms with Crippen molar-refractivity contribution in [2.45, 2.75) is 12.7 Å². The summed E-state index contributed by atoms with van der Waals surface area (Å²) in [6.07, 6.45) is -4.62. The highest BCUT2D eigenvalue weighted by Crippen LogP contribution is 2.37. The molecule has 15 heavy (non-hydrogen) atoms. The van der Waals surface area contributed by atoms with Crippen molar-refractivity contribution in [2.24, 2.45) is 5.73 Å². The van der Waals surface area contributed by atoms with Gasteiger partial charge in [-0.1, -0.05) is 11.6 Å². The first-order valence-electron chi connectivity index (χ1n) is 3.90. The molecule has 2 N–H and O–H groups in total. The van der Waals surface area contributed by atoms with Gasteiger partial charge in [0, 0.05) is 11.6 Å². The van der Waals surface area contributed by atoms with E-state index in [4.69, 9.17) is 22.6 Å². The third kappa shape index (κ3) is 2.22. The largest absolute Gasteiger partial charge is 0.418 e. The fourth-order valence-corrected chi connectivity index (χ4v) is 1.47. The number of halogens is 4. The first kappa shape index (κ1) is 11.8. The molecule has 6 heteroatoms. The molecule has 1 aromatic rings. The van der Waals surface area contributed by atoms with Crippen molar-refractivity contribution in [1.82, 2.24) is 0 Å².